The van der Waals surface area contributed by atoms with E-state index in [0.29, 0.717) is 17.8 Å². The van der Waals surface area contributed by atoms with Crippen molar-refractivity contribution < 1.29 is 4.79 Å². The van der Waals surface area contributed by atoms with Crippen molar-refractivity contribution in [2.45, 2.75) is 25.7 Å². The van der Waals surface area contributed by atoms with Crippen LogP contribution >= 0.6 is 11.3 Å². The first-order valence-electron chi connectivity index (χ1n) is 8.59. The van der Waals surface area contributed by atoms with E-state index in [-0.39, 0.29) is 11.7 Å². The zero-order valence-electron chi connectivity index (χ0n) is 14.2. The molecule has 0 saturated heterocycles. The summed E-state index contributed by atoms with van der Waals surface area (Å²) in [6.07, 6.45) is 1.24. The number of thiophene rings is 1. The molecule has 0 aliphatic heterocycles. The molecule has 0 unspecified atom stereocenters. The van der Waals surface area contributed by atoms with Gasteiger partial charge in [-0.3, -0.25) is 4.79 Å². The van der Waals surface area contributed by atoms with E-state index in [9.17, 15) is 4.79 Å². The second-order valence-electron chi connectivity index (χ2n) is 6.60. The predicted molar refractivity (Wildman–Crippen MR) is 101 cm³/mol. The van der Waals surface area contributed by atoms with Crippen molar-refractivity contribution in [3.8, 4) is 11.1 Å². The highest BCUT2D eigenvalue weighted by atomic mass is 32.1. The summed E-state index contributed by atoms with van der Waals surface area (Å²) in [7, 11) is 0. The van der Waals surface area contributed by atoms with Crippen molar-refractivity contribution in [1.82, 2.24) is 19.8 Å². The molecule has 0 amide bonds. The summed E-state index contributed by atoms with van der Waals surface area (Å²) in [6.45, 7) is 1.98. The number of hydrogen-bond acceptors (Lipinski definition) is 5. The molecule has 0 fully saturated rings. The summed E-state index contributed by atoms with van der Waals surface area (Å²) in [6, 6.07) is 14.2. The first-order valence-corrected chi connectivity index (χ1v) is 9.47. The predicted octanol–water partition coefficient (Wildman–Crippen LogP) is 4.07. The highest BCUT2D eigenvalue weighted by molar-refractivity contribution is 7.10. The zero-order valence-corrected chi connectivity index (χ0v) is 15.0. The summed E-state index contributed by atoms with van der Waals surface area (Å²) in [4.78, 5) is 13.9. The van der Waals surface area contributed by atoms with Crippen molar-refractivity contribution in [2.75, 3.05) is 0 Å². The highest BCUT2D eigenvalue weighted by Crippen LogP contribution is 2.35. The van der Waals surface area contributed by atoms with Crippen LogP contribution in [0, 0.1) is 6.92 Å². The number of benzene rings is 1. The maximum absolute atomic E-state index is 12.7. The second kappa shape index (κ2) is 5.85. The van der Waals surface area contributed by atoms with E-state index < -0.39 is 0 Å². The van der Waals surface area contributed by atoms with Gasteiger partial charge in [-0.05, 0) is 23.9 Å². The number of nitrogens with zero attached hydrogens (tertiary/aromatic N) is 4. The second-order valence-corrected chi connectivity index (χ2v) is 7.58. The lowest BCUT2D eigenvalue weighted by atomic mass is 9.87. The number of rotatable bonds is 2. The molecule has 0 saturated carbocycles. The molecule has 6 heteroatoms. The van der Waals surface area contributed by atoms with Gasteiger partial charge in [0.1, 0.15) is 0 Å². The van der Waals surface area contributed by atoms with Gasteiger partial charge in [-0.15, -0.1) is 21.5 Å². The van der Waals surface area contributed by atoms with Gasteiger partial charge in [0.25, 0.3) is 0 Å². The Bertz CT molecular complexity index is 1120. The first-order chi connectivity index (χ1) is 12.7. The molecule has 1 aromatic carbocycles. The van der Waals surface area contributed by atoms with E-state index in [1.165, 1.54) is 4.88 Å². The van der Waals surface area contributed by atoms with Gasteiger partial charge in [0, 0.05) is 23.6 Å². The molecule has 0 radical (unpaired) electrons. The molecule has 3 heterocycles. The Balaban J connectivity index is 1.70. The molecular weight excluding hydrogens is 344 g/mol. The Morgan fingerprint density at radius 1 is 1.08 bits per heavy atom. The number of aromatic nitrogens is 4. The van der Waals surface area contributed by atoms with Crippen molar-refractivity contribution in [2.24, 2.45) is 0 Å². The standard InChI is InChI=1S/C20H16N4OS/c1-12-18(13-6-3-2-4-7-13)20-22-21-19-15(24(20)23-12)10-14(11-16(19)25)17-8-5-9-26-17/h2-9,14H,10-11H2,1H3/t14-/m0/s1. The maximum Gasteiger partial charge on any atom is 0.185 e. The number of aryl methyl sites for hydroxylation is 1. The fraction of sp³-hybridized carbons (Fsp3) is 0.200. The van der Waals surface area contributed by atoms with Crippen LogP contribution in [0.3, 0.4) is 0 Å². The van der Waals surface area contributed by atoms with Gasteiger partial charge < -0.3 is 0 Å². The highest BCUT2D eigenvalue weighted by Gasteiger charge is 2.31. The third kappa shape index (κ3) is 2.29. The van der Waals surface area contributed by atoms with E-state index >= 15 is 0 Å². The first kappa shape index (κ1) is 15.4. The molecule has 5 nitrogen and oxygen atoms in total. The Hall–Kier alpha value is -2.86. The molecule has 4 aromatic rings. The Labute approximate surface area is 154 Å². The molecule has 5 rings (SSSR count). The van der Waals surface area contributed by atoms with Gasteiger partial charge in [-0.2, -0.15) is 5.10 Å². The number of ketones is 1. The van der Waals surface area contributed by atoms with Crippen LogP contribution in [0.15, 0.2) is 47.8 Å². The van der Waals surface area contributed by atoms with E-state index in [1.807, 2.05) is 47.8 Å². The van der Waals surface area contributed by atoms with Crippen LogP contribution in [0.5, 0.6) is 0 Å². The molecule has 1 aliphatic carbocycles. The third-order valence-corrected chi connectivity index (χ3v) is 5.99. The Kier molecular flexibility index (Phi) is 3.46. The molecular formula is C20H16N4OS. The van der Waals surface area contributed by atoms with Crippen LogP contribution < -0.4 is 0 Å². The van der Waals surface area contributed by atoms with Crippen molar-refractivity contribution >= 4 is 22.8 Å². The summed E-state index contributed by atoms with van der Waals surface area (Å²) >= 11 is 1.70. The van der Waals surface area contributed by atoms with Crippen LogP contribution in [0.1, 0.15) is 39.1 Å². The SMILES string of the molecule is Cc1nn2c3c(nnc2c1-c1ccccc1)C(=O)C[C@@H](c1cccs1)C3. The molecule has 0 spiro atoms. The van der Waals surface area contributed by atoms with Gasteiger partial charge in [0.2, 0.25) is 0 Å². The van der Waals surface area contributed by atoms with Gasteiger partial charge in [-0.1, -0.05) is 36.4 Å². The van der Waals surface area contributed by atoms with Crippen LogP contribution in [0.25, 0.3) is 16.8 Å². The number of carbonyl (C=O) groups excluding carboxylic acids is 1. The summed E-state index contributed by atoms with van der Waals surface area (Å²) < 4.78 is 1.83. The Morgan fingerprint density at radius 3 is 2.69 bits per heavy atom. The van der Waals surface area contributed by atoms with Gasteiger partial charge >= 0.3 is 0 Å². The lowest BCUT2D eigenvalue weighted by molar-refractivity contribution is 0.0956. The average molecular weight is 360 g/mol. The van der Waals surface area contributed by atoms with Crippen molar-refractivity contribution in [1.29, 1.82) is 0 Å². The van der Waals surface area contributed by atoms with Crippen LogP contribution in [-0.2, 0) is 6.42 Å². The zero-order chi connectivity index (χ0) is 17.7. The number of fused-ring (bicyclic) bond motifs is 3. The fourth-order valence-corrected chi connectivity index (χ4v) is 4.57. The summed E-state index contributed by atoms with van der Waals surface area (Å²) in [5.41, 5.74) is 4.98. The minimum absolute atomic E-state index is 0.0495. The topological polar surface area (TPSA) is 60.1 Å². The molecule has 1 atom stereocenters. The lowest BCUT2D eigenvalue weighted by Crippen LogP contribution is -2.23. The molecule has 0 bridgehead atoms. The van der Waals surface area contributed by atoms with E-state index in [0.717, 1.165) is 28.9 Å². The number of hydrogen-bond donors (Lipinski definition) is 0. The quantitative estimate of drug-likeness (QED) is 0.540. The van der Waals surface area contributed by atoms with Crippen LogP contribution in [-0.4, -0.2) is 25.6 Å². The Morgan fingerprint density at radius 2 is 1.92 bits per heavy atom. The van der Waals surface area contributed by atoms with Gasteiger partial charge in [-0.25, -0.2) is 4.52 Å². The average Bonchev–Trinajstić information content (AvgIpc) is 3.29. The monoisotopic (exact) mass is 360 g/mol. The van der Waals surface area contributed by atoms with Gasteiger partial charge in [0.05, 0.1) is 17.0 Å². The molecule has 128 valence electrons. The smallest absolute Gasteiger partial charge is 0.185 e. The van der Waals surface area contributed by atoms with E-state index in [1.54, 1.807) is 11.3 Å². The van der Waals surface area contributed by atoms with Gasteiger partial charge in [0.15, 0.2) is 17.1 Å². The van der Waals surface area contributed by atoms with Crippen LogP contribution in [0.2, 0.25) is 0 Å². The maximum atomic E-state index is 12.7. The minimum atomic E-state index is 0.0495. The fourth-order valence-electron chi connectivity index (χ4n) is 3.74. The minimum Gasteiger partial charge on any atom is -0.292 e. The summed E-state index contributed by atoms with van der Waals surface area (Å²) in [5, 5.41) is 15.4. The molecule has 3 aromatic heterocycles. The largest absolute Gasteiger partial charge is 0.292 e. The number of carbonyl (C=O) groups is 1. The lowest BCUT2D eigenvalue weighted by Gasteiger charge is -2.21. The third-order valence-electron chi connectivity index (χ3n) is 4.95. The normalized spacial score (nSPS) is 16.8. The summed E-state index contributed by atoms with van der Waals surface area (Å²) in [5.74, 6) is 0.237. The van der Waals surface area contributed by atoms with E-state index in [2.05, 4.69) is 21.6 Å². The molecule has 0 N–H and O–H groups in total. The number of Topliss-reactive ketones (excluding diaryl/α,β-unsaturated/α-hetero) is 1. The van der Waals surface area contributed by atoms with Crippen molar-refractivity contribution in [3.63, 3.8) is 0 Å². The van der Waals surface area contributed by atoms with E-state index in [4.69, 9.17) is 5.10 Å². The van der Waals surface area contributed by atoms with Crippen molar-refractivity contribution in [3.05, 3.63) is 69.8 Å². The van der Waals surface area contributed by atoms with Crippen LogP contribution in [0.4, 0.5) is 0 Å². The molecule has 1 aliphatic rings. The molecule has 26 heavy (non-hydrogen) atoms.